The molecule has 2 heterocycles. The van der Waals surface area contributed by atoms with E-state index in [2.05, 4.69) is 39.7 Å². The first-order valence-electron chi connectivity index (χ1n) is 5.72. The second-order valence-electron chi connectivity index (χ2n) is 4.30. The first-order valence-corrected chi connectivity index (χ1v) is 6.13. The van der Waals surface area contributed by atoms with Crippen LogP contribution in [0.5, 0.6) is 0 Å². The van der Waals surface area contributed by atoms with Crippen LogP contribution in [0.2, 0.25) is 0 Å². The molecule has 0 spiro atoms. The number of rotatable bonds is 4. The molecule has 0 amide bonds. The minimum atomic E-state index is 0.372. The van der Waals surface area contributed by atoms with Gasteiger partial charge in [-0.2, -0.15) is 5.10 Å². The number of hydrogen-bond donors (Lipinski definition) is 1. The van der Waals surface area contributed by atoms with Crippen LogP contribution < -0.4 is 0 Å². The number of hydrogen-bond acceptors (Lipinski definition) is 3. The summed E-state index contributed by atoms with van der Waals surface area (Å²) in [6.07, 6.45) is 4.59. The van der Waals surface area contributed by atoms with Gasteiger partial charge in [-0.3, -0.25) is 10.1 Å². The number of pyridine rings is 1. The predicted octanol–water partition coefficient (Wildman–Crippen LogP) is 2.70. The second-order valence-corrected chi connectivity index (χ2v) is 4.69. The molecule has 0 saturated carbocycles. The van der Waals surface area contributed by atoms with Gasteiger partial charge in [-0.1, -0.05) is 19.9 Å². The van der Waals surface area contributed by atoms with Crippen LogP contribution in [0.15, 0.2) is 24.5 Å². The number of aromatic nitrogens is 4. The zero-order chi connectivity index (χ0) is 12.3. The Hall–Kier alpha value is -1.49. The average Bonchev–Trinajstić information content (AvgIpc) is 2.69. The van der Waals surface area contributed by atoms with Gasteiger partial charge in [0.05, 0.1) is 0 Å². The molecule has 1 N–H and O–H groups in total. The molecule has 0 aromatic carbocycles. The van der Waals surface area contributed by atoms with Crippen molar-refractivity contribution in [3.8, 4) is 0 Å². The van der Waals surface area contributed by atoms with Crippen molar-refractivity contribution in [2.75, 3.05) is 0 Å². The fourth-order valence-electron chi connectivity index (χ4n) is 1.77. The standard InChI is InChI=1S/C12H16N4S/c1-9(2)11-14-15-12(17)16(11)7-5-10-4-3-6-13-8-10/h3-4,6,8-9H,5,7H2,1-2H3,(H,15,17). The van der Waals surface area contributed by atoms with Crippen molar-refractivity contribution in [3.05, 3.63) is 40.7 Å². The number of aromatic amines is 1. The molecule has 0 aliphatic heterocycles. The highest BCUT2D eigenvalue weighted by molar-refractivity contribution is 7.71. The van der Waals surface area contributed by atoms with E-state index < -0.39 is 0 Å². The van der Waals surface area contributed by atoms with Gasteiger partial charge in [0.25, 0.3) is 0 Å². The van der Waals surface area contributed by atoms with Crippen LogP contribution >= 0.6 is 12.2 Å². The maximum Gasteiger partial charge on any atom is 0.195 e. The quantitative estimate of drug-likeness (QED) is 0.846. The molecule has 17 heavy (non-hydrogen) atoms. The second kappa shape index (κ2) is 5.23. The van der Waals surface area contributed by atoms with Crippen molar-refractivity contribution in [2.45, 2.75) is 32.7 Å². The molecule has 2 aromatic heterocycles. The lowest BCUT2D eigenvalue weighted by atomic mass is 10.2. The Balaban J connectivity index is 2.14. The molecular formula is C12H16N4S. The number of aryl methyl sites for hydroxylation is 1. The van der Waals surface area contributed by atoms with Gasteiger partial charge in [0.15, 0.2) is 4.77 Å². The van der Waals surface area contributed by atoms with Crippen LogP contribution in [0.1, 0.15) is 31.2 Å². The van der Waals surface area contributed by atoms with Gasteiger partial charge in [0.1, 0.15) is 5.82 Å². The van der Waals surface area contributed by atoms with Gasteiger partial charge in [-0.05, 0) is 30.3 Å². The van der Waals surface area contributed by atoms with Gasteiger partial charge in [-0.15, -0.1) is 0 Å². The summed E-state index contributed by atoms with van der Waals surface area (Å²) in [6, 6.07) is 4.03. The first-order chi connectivity index (χ1) is 8.18. The van der Waals surface area contributed by atoms with E-state index in [1.165, 1.54) is 5.56 Å². The molecule has 2 aromatic rings. The van der Waals surface area contributed by atoms with Crippen molar-refractivity contribution in [1.29, 1.82) is 0 Å². The molecular weight excluding hydrogens is 232 g/mol. The topological polar surface area (TPSA) is 46.5 Å². The summed E-state index contributed by atoms with van der Waals surface area (Å²) >= 11 is 5.24. The van der Waals surface area contributed by atoms with Crippen LogP contribution in [0.4, 0.5) is 0 Å². The monoisotopic (exact) mass is 248 g/mol. The van der Waals surface area contributed by atoms with E-state index in [-0.39, 0.29) is 0 Å². The highest BCUT2D eigenvalue weighted by Crippen LogP contribution is 2.12. The summed E-state index contributed by atoms with van der Waals surface area (Å²) < 4.78 is 2.75. The molecule has 0 atom stereocenters. The third kappa shape index (κ3) is 2.79. The highest BCUT2D eigenvalue weighted by atomic mass is 32.1. The Bertz CT molecular complexity index is 527. The predicted molar refractivity (Wildman–Crippen MR) is 69.4 cm³/mol. The molecule has 0 fully saturated rings. The average molecular weight is 248 g/mol. The van der Waals surface area contributed by atoms with E-state index in [4.69, 9.17) is 12.2 Å². The van der Waals surface area contributed by atoms with E-state index in [9.17, 15) is 0 Å². The van der Waals surface area contributed by atoms with Crippen LogP contribution in [0.3, 0.4) is 0 Å². The molecule has 5 heteroatoms. The van der Waals surface area contributed by atoms with Gasteiger partial charge in [0.2, 0.25) is 0 Å². The van der Waals surface area contributed by atoms with Crippen molar-refractivity contribution in [2.24, 2.45) is 0 Å². The molecule has 0 unspecified atom stereocenters. The Morgan fingerprint density at radius 1 is 1.47 bits per heavy atom. The van der Waals surface area contributed by atoms with Gasteiger partial charge < -0.3 is 4.57 Å². The summed E-state index contributed by atoms with van der Waals surface area (Å²) in [6.45, 7) is 5.07. The van der Waals surface area contributed by atoms with E-state index in [0.717, 1.165) is 18.8 Å². The Morgan fingerprint density at radius 3 is 2.94 bits per heavy atom. The zero-order valence-corrected chi connectivity index (χ0v) is 10.9. The van der Waals surface area contributed by atoms with Crippen LogP contribution in [-0.2, 0) is 13.0 Å². The summed E-state index contributed by atoms with van der Waals surface area (Å²) in [5.74, 6) is 1.38. The van der Waals surface area contributed by atoms with Gasteiger partial charge in [-0.25, -0.2) is 0 Å². The lowest BCUT2D eigenvalue weighted by Gasteiger charge is -2.08. The summed E-state index contributed by atoms with van der Waals surface area (Å²) in [5, 5.41) is 7.11. The Labute approximate surface area is 106 Å². The lowest BCUT2D eigenvalue weighted by molar-refractivity contribution is 0.614. The maximum absolute atomic E-state index is 5.24. The fraction of sp³-hybridized carbons (Fsp3) is 0.417. The normalized spacial score (nSPS) is 11.0. The third-order valence-corrected chi connectivity index (χ3v) is 2.96. The number of H-pyrrole nitrogens is 1. The van der Waals surface area contributed by atoms with Gasteiger partial charge in [0, 0.05) is 24.9 Å². The molecule has 0 radical (unpaired) electrons. The third-order valence-electron chi connectivity index (χ3n) is 2.65. The van der Waals surface area contributed by atoms with E-state index in [1.807, 2.05) is 12.3 Å². The molecule has 0 aliphatic rings. The van der Waals surface area contributed by atoms with Crippen molar-refractivity contribution in [1.82, 2.24) is 19.7 Å². The molecule has 2 rings (SSSR count). The Kier molecular flexibility index (Phi) is 3.68. The summed E-state index contributed by atoms with van der Waals surface area (Å²) in [5.41, 5.74) is 1.21. The van der Waals surface area contributed by atoms with E-state index in [1.54, 1.807) is 6.20 Å². The van der Waals surface area contributed by atoms with Gasteiger partial charge >= 0.3 is 0 Å². The number of nitrogens with zero attached hydrogens (tertiary/aromatic N) is 3. The molecule has 90 valence electrons. The minimum Gasteiger partial charge on any atom is -0.304 e. The Morgan fingerprint density at radius 2 is 2.29 bits per heavy atom. The summed E-state index contributed by atoms with van der Waals surface area (Å²) in [7, 11) is 0. The van der Waals surface area contributed by atoms with Crippen molar-refractivity contribution >= 4 is 12.2 Å². The van der Waals surface area contributed by atoms with Crippen LogP contribution in [-0.4, -0.2) is 19.7 Å². The number of nitrogens with one attached hydrogen (secondary N) is 1. The molecule has 4 nitrogen and oxygen atoms in total. The molecule has 0 saturated heterocycles. The smallest absolute Gasteiger partial charge is 0.195 e. The van der Waals surface area contributed by atoms with Crippen LogP contribution in [0.25, 0.3) is 0 Å². The zero-order valence-electron chi connectivity index (χ0n) is 10.1. The van der Waals surface area contributed by atoms with Crippen molar-refractivity contribution < 1.29 is 0 Å². The van der Waals surface area contributed by atoms with Crippen molar-refractivity contribution in [3.63, 3.8) is 0 Å². The largest absolute Gasteiger partial charge is 0.304 e. The fourth-order valence-corrected chi connectivity index (χ4v) is 2.00. The van der Waals surface area contributed by atoms with E-state index in [0.29, 0.717) is 10.7 Å². The highest BCUT2D eigenvalue weighted by Gasteiger charge is 2.09. The minimum absolute atomic E-state index is 0.372. The SMILES string of the molecule is CC(C)c1n[nH]c(=S)n1CCc1cccnc1. The first kappa shape index (κ1) is 12.0. The van der Waals surface area contributed by atoms with Crippen LogP contribution in [0, 0.1) is 4.77 Å². The van der Waals surface area contributed by atoms with E-state index >= 15 is 0 Å². The lowest BCUT2D eigenvalue weighted by Crippen LogP contribution is -2.08. The molecule has 0 aliphatic carbocycles. The summed E-state index contributed by atoms with van der Waals surface area (Å²) in [4.78, 5) is 4.11. The molecule has 0 bridgehead atoms. The maximum atomic E-state index is 5.24.